The molecule has 0 aliphatic carbocycles. The fraction of sp³-hybridized carbons (Fsp3) is 0.647. The number of nitrogens with one attached hydrogen (secondary N) is 1. The van der Waals surface area contributed by atoms with Gasteiger partial charge in [0, 0.05) is 23.7 Å². The van der Waals surface area contributed by atoms with Gasteiger partial charge in [0.05, 0.1) is 18.8 Å². The zero-order valence-corrected chi connectivity index (χ0v) is 14.0. The standard InChI is InChI=1S/C17H26ClNO2/c1-17(2,3)19-11-16(13-6-8-14(18)9-7-13)21-12-15-5-4-10-20-15/h6-9,15-16,19H,4-5,10-12H2,1-3H3. The van der Waals surface area contributed by atoms with Gasteiger partial charge in [-0.3, -0.25) is 0 Å². The first-order valence-corrected chi connectivity index (χ1v) is 8.05. The molecule has 2 atom stereocenters. The topological polar surface area (TPSA) is 30.5 Å². The van der Waals surface area contributed by atoms with Gasteiger partial charge in [0.25, 0.3) is 0 Å². The smallest absolute Gasteiger partial charge is 0.0950 e. The van der Waals surface area contributed by atoms with Gasteiger partial charge < -0.3 is 14.8 Å². The van der Waals surface area contributed by atoms with Crippen molar-refractivity contribution >= 4 is 11.6 Å². The second-order valence-corrected chi connectivity index (χ2v) is 7.08. The number of ether oxygens (including phenoxy) is 2. The fourth-order valence-corrected chi connectivity index (χ4v) is 2.47. The summed E-state index contributed by atoms with van der Waals surface area (Å²) in [4.78, 5) is 0. The van der Waals surface area contributed by atoms with Crippen molar-refractivity contribution in [3.8, 4) is 0 Å². The van der Waals surface area contributed by atoms with Crippen molar-refractivity contribution in [1.82, 2.24) is 5.32 Å². The van der Waals surface area contributed by atoms with Crippen LogP contribution in [-0.2, 0) is 9.47 Å². The van der Waals surface area contributed by atoms with E-state index in [-0.39, 0.29) is 17.7 Å². The Kier molecular flexibility index (Phi) is 6.06. The van der Waals surface area contributed by atoms with Crippen molar-refractivity contribution in [2.45, 2.75) is 51.4 Å². The predicted molar refractivity (Wildman–Crippen MR) is 86.9 cm³/mol. The first kappa shape index (κ1) is 16.8. The molecule has 0 aromatic heterocycles. The Morgan fingerprint density at radius 1 is 1.33 bits per heavy atom. The maximum atomic E-state index is 6.12. The van der Waals surface area contributed by atoms with Crippen LogP contribution in [0.1, 0.15) is 45.3 Å². The molecule has 21 heavy (non-hydrogen) atoms. The maximum Gasteiger partial charge on any atom is 0.0950 e. The summed E-state index contributed by atoms with van der Waals surface area (Å²) in [6.45, 7) is 8.76. The summed E-state index contributed by atoms with van der Waals surface area (Å²) in [5.41, 5.74) is 1.21. The molecule has 1 N–H and O–H groups in total. The van der Waals surface area contributed by atoms with Gasteiger partial charge in [-0.05, 0) is 51.3 Å². The molecule has 4 heteroatoms. The quantitative estimate of drug-likeness (QED) is 0.862. The number of rotatable bonds is 6. The van der Waals surface area contributed by atoms with Gasteiger partial charge in [0.2, 0.25) is 0 Å². The van der Waals surface area contributed by atoms with E-state index in [4.69, 9.17) is 21.1 Å². The summed E-state index contributed by atoms with van der Waals surface area (Å²) in [6, 6.07) is 7.90. The highest BCUT2D eigenvalue weighted by Gasteiger charge is 2.21. The lowest BCUT2D eigenvalue weighted by Gasteiger charge is -2.26. The molecular formula is C17H26ClNO2. The van der Waals surface area contributed by atoms with Crippen LogP contribution in [0.4, 0.5) is 0 Å². The Balaban J connectivity index is 1.96. The number of halogens is 1. The van der Waals surface area contributed by atoms with E-state index in [1.54, 1.807) is 0 Å². The van der Waals surface area contributed by atoms with Gasteiger partial charge >= 0.3 is 0 Å². The monoisotopic (exact) mass is 311 g/mol. The molecule has 1 saturated heterocycles. The van der Waals surface area contributed by atoms with E-state index in [9.17, 15) is 0 Å². The predicted octanol–water partition coefficient (Wildman–Crippen LogP) is 3.96. The third kappa shape index (κ3) is 5.95. The van der Waals surface area contributed by atoms with E-state index in [1.807, 2.05) is 24.3 Å². The van der Waals surface area contributed by atoms with Gasteiger partial charge in [-0.15, -0.1) is 0 Å². The van der Waals surface area contributed by atoms with Gasteiger partial charge in [-0.1, -0.05) is 23.7 Å². The summed E-state index contributed by atoms with van der Waals surface area (Å²) >= 11 is 5.97. The normalized spacial score (nSPS) is 20.7. The highest BCUT2D eigenvalue weighted by Crippen LogP contribution is 2.22. The summed E-state index contributed by atoms with van der Waals surface area (Å²) in [5, 5.41) is 4.26. The highest BCUT2D eigenvalue weighted by atomic mass is 35.5. The SMILES string of the molecule is CC(C)(C)NCC(OCC1CCCO1)c1ccc(Cl)cc1. The molecule has 1 heterocycles. The van der Waals surface area contributed by atoms with Crippen molar-refractivity contribution in [3.63, 3.8) is 0 Å². The van der Waals surface area contributed by atoms with E-state index in [2.05, 4.69) is 26.1 Å². The summed E-state index contributed by atoms with van der Waals surface area (Å²) in [5.74, 6) is 0. The van der Waals surface area contributed by atoms with Crippen LogP contribution in [0.3, 0.4) is 0 Å². The zero-order valence-electron chi connectivity index (χ0n) is 13.2. The van der Waals surface area contributed by atoms with Crippen molar-refractivity contribution < 1.29 is 9.47 Å². The van der Waals surface area contributed by atoms with Crippen LogP contribution < -0.4 is 5.32 Å². The Morgan fingerprint density at radius 3 is 2.62 bits per heavy atom. The summed E-state index contributed by atoms with van der Waals surface area (Å²) in [7, 11) is 0. The van der Waals surface area contributed by atoms with Crippen LogP contribution in [0.2, 0.25) is 5.02 Å². The zero-order chi connectivity index (χ0) is 15.3. The minimum absolute atomic E-state index is 0.0192. The molecule has 2 unspecified atom stereocenters. The van der Waals surface area contributed by atoms with E-state index < -0.39 is 0 Å². The molecule has 1 fully saturated rings. The van der Waals surface area contributed by atoms with Crippen LogP contribution in [0.15, 0.2) is 24.3 Å². The molecular weight excluding hydrogens is 286 g/mol. The minimum atomic E-state index is 0.0192. The number of benzene rings is 1. The number of hydrogen-bond acceptors (Lipinski definition) is 3. The van der Waals surface area contributed by atoms with Gasteiger partial charge in [-0.25, -0.2) is 0 Å². The molecule has 0 amide bonds. The molecule has 3 nitrogen and oxygen atoms in total. The van der Waals surface area contributed by atoms with E-state index in [0.29, 0.717) is 6.61 Å². The van der Waals surface area contributed by atoms with Crippen LogP contribution in [0, 0.1) is 0 Å². The molecule has 118 valence electrons. The first-order chi connectivity index (χ1) is 9.94. The minimum Gasteiger partial charge on any atom is -0.376 e. The van der Waals surface area contributed by atoms with Gasteiger partial charge in [0.1, 0.15) is 0 Å². The van der Waals surface area contributed by atoms with Crippen molar-refractivity contribution in [1.29, 1.82) is 0 Å². The lowest BCUT2D eigenvalue weighted by Crippen LogP contribution is -2.39. The third-order valence-electron chi connectivity index (χ3n) is 3.57. The van der Waals surface area contributed by atoms with Crippen LogP contribution in [0.5, 0.6) is 0 Å². The third-order valence-corrected chi connectivity index (χ3v) is 3.82. The largest absolute Gasteiger partial charge is 0.376 e. The number of hydrogen-bond donors (Lipinski definition) is 1. The Hall–Kier alpha value is -0.610. The Morgan fingerprint density at radius 2 is 2.05 bits per heavy atom. The molecule has 1 aromatic carbocycles. The molecule has 0 spiro atoms. The van der Waals surface area contributed by atoms with Crippen LogP contribution in [0.25, 0.3) is 0 Å². The summed E-state index contributed by atoms with van der Waals surface area (Å²) < 4.78 is 11.8. The molecule has 0 bridgehead atoms. The lowest BCUT2D eigenvalue weighted by molar-refractivity contribution is -0.0226. The second kappa shape index (κ2) is 7.59. The first-order valence-electron chi connectivity index (χ1n) is 7.68. The molecule has 1 aliphatic rings. The van der Waals surface area contributed by atoms with Crippen molar-refractivity contribution in [2.24, 2.45) is 0 Å². The maximum absolute atomic E-state index is 6.12. The van der Waals surface area contributed by atoms with Crippen LogP contribution in [-0.4, -0.2) is 31.4 Å². The molecule has 0 saturated carbocycles. The summed E-state index contributed by atoms with van der Waals surface area (Å²) in [6.07, 6.45) is 2.50. The Bertz CT molecular complexity index is 421. The fourth-order valence-electron chi connectivity index (χ4n) is 2.35. The van der Waals surface area contributed by atoms with Gasteiger partial charge in [0.15, 0.2) is 0 Å². The molecule has 0 radical (unpaired) electrons. The highest BCUT2D eigenvalue weighted by molar-refractivity contribution is 6.30. The average Bonchev–Trinajstić information content (AvgIpc) is 2.92. The molecule has 1 aromatic rings. The average molecular weight is 312 g/mol. The van der Waals surface area contributed by atoms with Gasteiger partial charge in [-0.2, -0.15) is 0 Å². The van der Waals surface area contributed by atoms with E-state index >= 15 is 0 Å². The molecule has 1 aliphatic heterocycles. The van der Waals surface area contributed by atoms with Crippen molar-refractivity contribution in [2.75, 3.05) is 19.8 Å². The molecule has 2 rings (SSSR count). The lowest BCUT2D eigenvalue weighted by atomic mass is 10.1. The van der Waals surface area contributed by atoms with E-state index in [1.165, 1.54) is 0 Å². The Labute approximate surface area is 133 Å². The second-order valence-electron chi connectivity index (χ2n) is 6.64. The van der Waals surface area contributed by atoms with Crippen LogP contribution >= 0.6 is 11.6 Å². The van der Waals surface area contributed by atoms with Crippen molar-refractivity contribution in [3.05, 3.63) is 34.9 Å². The van der Waals surface area contributed by atoms with E-state index in [0.717, 1.165) is 36.6 Å².